The molecule has 88 valence electrons. The number of aromatic nitrogens is 1. The van der Waals surface area contributed by atoms with Gasteiger partial charge in [-0.1, -0.05) is 0 Å². The smallest absolute Gasteiger partial charge is 0.501 e. The summed E-state index contributed by atoms with van der Waals surface area (Å²) >= 11 is 0. The predicted octanol–water partition coefficient (Wildman–Crippen LogP) is 1.90. The third-order valence-electron chi connectivity index (χ3n) is 1.62. The zero-order valence-corrected chi connectivity index (χ0v) is 7.78. The highest BCUT2D eigenvalue weighted by Crippen LogP contribution is 2.35. The highest BCUT2D eigenvalue weighted by atomic mass is 19.4. The minimum atomic E-state index is -5.00. The van der Waals surface area contributed by atoms with Crippen LogP contribution in [0, 0.1) is 17.0 Å². The molecule has 0 aliphatic heterocycles. The number of ether oxygens (including phenoxy) is 1. The Labute approximate surface area is 86.4 Å². The summed E-state index contributed by atoms with van der Waals surface area (Å²) in [6, 6.07) is 0. The van der Waals surface area contributed by atoms with E-state index in [0.717, 1.165) is 6.92 Å². The van der Waals surface area contributed by atoms with E-state index in [-0.39, 0.29) is 0 Å². The zero-order chi connectivity index (χ0) is 12.5. The van der Waals surface area contributed by atoms with Crippen LogP contribution >= 0.6 is 0 Å². The molecule has 0 aliphatic carbocycles. The van der Waals surface area contributed by atoms with Crippen molar-refractivity contribution in [1.29, 1.82) is 0 Å². The number of halogens is 3. The van der Waals surface area contributed by atoms with Crippen LogP contribution in [0.1, 0.15) is 5.56 Å². The van der Waals surface area contributed by atoms with Crippen LogP contribution in [0.5, 0.6) is 11.6 Å². The van der Waals surface area contributed by atoms with Gasteiger partial charge in [0.2, 0.25) is 11.6 Å². The summed E-state index contributed by atoms with van der Waals surface area (Å²) in [6.45, 7) is 0.992. The Morgan fingerprint density at radius 3 is 2.56 bits per heavy atom. The summed E-state index contributed by atoms with van der Waals surface area (Å²) < 4.78 is 39.0. The second-order valence-corrected chi connectivity index (χ2v) is 2.73. The molecule has 16 heavy (non-hydrogen) atoms. The molecule has 1 aromatic rings. The van der Waals surface area contributed by atoms with E-state index in [2.05, 4.69) is 9.72 Å². The molecule has 0 saturated carbocycles. The number of hydrogen-bond acceptors (Lipinski definition) is 5. The fourth-order valence-electron chi connectivity index (χ4n) is 1.01. The number of nitrogens with zero attached hydrogens (tertiary/aromatic N) is 2. The van der Waals surface area contributed by atoms with Gasteiger partial charge < -0.3 is 9.84 Å². The molecule has 0 radical (unpaired) electrons. The molecule has 0 aromatic carbocycles. The van der Waals surface area contributed by atoms with Crippen molar-refractivity contribution in [2.45, 2.75) is 13.3 Å². The largest absolute Gasteiger partial charge is 0.574 e. The average molecular weight is 238 g/mol. The van der Waals surface area contributed by atoms with E-state index in [1.807, 2.05) is 0 Å². The van der Waals surface area contributed by atoms with E-state index in [0.29, 0.717) is 6.20 Å². The second-order valence-electron chi connectivity index (χ2n) is 2.73. The molecule has 9 heteroatoms. The SMILES string of the molecule is Cc1c(OC(F)(F)F)ncc(O)c1[N+](=O)[O-]. The van der Waals surface area contributed by atoms with Crippen LogP contribution in [0.25, 0.3) is 0 Å². The predicted molar refractivity (Wildman–Crippen MR) is 44.0 cm³/mol. The Morgan fingerprint density at radius 2 is 2.12 bits per heavy atom. The third-order valence-corrected chi connectivity index (χ3v) is 1.62. The second kappa shape index (κ2) is 3.83. The number of aromatic hydroxyl groups is 1. The molecule has 0 unspecified atom stereocenters. The van der Waals surface area contributed by atoms with Gasteiger partial charge in [-0.3, -0.25) is 10.1 Å². The van der Waals surface area contributed by atoms with Crippen molar-refractivity contribution in [3.05, 3.63) is 21.9 Å². The Kier molecular flexibility index (Phi) is 2.88. The number of alkyl halides is 3. The quantitative estimate of drug-likeness (QED) is 0.628. The minimum absolute atomic E-state index is 0.498. The summed E-state index contributed by atoms with van der Waals surface area (Å²) in [5.41, 5.74) is -1.36. The van der Waals surface area contributed by atoms with Crippen molar-refractivity contribution in [2.75, 3.05) is 0 Å². The third kappa shape index (κ3) is 2.49. The Morgan fingerprint density at radius 1 is 1.56 bits per heavy atom. The molecule has 0 bridgehead atoms. The van der Waals surface area contributed by atoms with Gasteiger partial charge in [-0.15, -0.1) is 13.2 Å². The lowest BCUT2D eigenvalue weighted by molar-refractivity contribution is -0.386. The van der Waals surface area contributed by atoms with Crippen molar-refractivity contribution < 1.29 is 27.9 Å². The molecule has 1 rings (SSSR count). The highest BCUT2D eigenvalue weighted by Gasteiger charge is 2.34. The molecular formula is C7H5F3N2O4. The van der Waals surface area contributed by atoms with Gasteiger partial charge in [0.15, 0.2) is 0 Å². The highest BCUT2D eigenvalue weighted by molar-refractivity contribution is 5.53. The average Bonchev–Trinajstić information content (AvgIpc) is 2.07. The summed E-state index contributed by atoms with van der Waals surface area (Å²) in [5, 5.41) is 19.5. The van der Waals surface area contributed by atoms with Crippen molar-refractivity contribution in [3.63, 3.8) is 0 Å². The van der Waals surface area contributed by atoms with Gasteiger partial charge in [-0.2, -0.15) is 0 Å². The Bertz CT molecular complexity index is 432. The molecule has 6 nitrogen and oxygen atoms in total. The Hall–Kier alpha value is -2.06. The molecular weight excluding hydrogens is 233 g/mol. The lowest BCUT2D eigenvalue weighted by Gasteiger charge is -2.10. The van der Waals surface area contributed by atoms with Crippen LogP contribution < -0.4 is 4.74 Å². The van der Waals surface area contributed by atoms with Crippen molar-refractivity contribution in [3.8, 4) is 11.6 Å². The molecule has 1 N–H and O–H groups in total. The fraction of sp³-hybridized carbons (Fsp3) is 0.286. The van der Waals surface area contributed by atoms with Crippen LogP contribution in [0.4, 0.5) is 18.9 Å². The van der Waals surface area contributed by atoms with Crippen LogP contribution in [-0.4, -0.2) is 21.4 Å². The maximum atomic E-state index is 11.9. The topological polar surface area (TPSA) is 85.5 Å². The molecule has 0 atom stereocenters. The van der Waals surface area contributed by atoms with E-state index < -0.39 is 34.2 Å². The van der Waals surface area contributed by atoms with Crippen molar-refractivity contribution in [2.24, 2.45) is 0 Å². The van der Waals surface area contributed by atoms with Crippen molar-refractivity contribution >= 4 is 5.69 Å². The first-order valence-corrected chi connectivity index (χ1v) is 3.81. The zero-order valence-electron chi connectivity index (χ0n) is 7.78. The van der Waals surface area contributed by atoms with Gasteiger partial charge in [0.25, 0.3) is 0 Å². The maximum Gasteiger partial charge on any atom is 0.574 e. The number of nitro groups is 1. The number of pyridine rings is 1. The minimum Gasteiger partial charge on any atom is -0.501 e. The van der Waals surface area contributed by atoms with Crippen LogP contribution in [0.3, 0.4) is 0 Å². The van der Waals surface area contributed by atoms with E-state index in [9.17, 15) is 23.3 Å². The summed E-state index contributed by atoms with van der Waals surface area (Å²) in [4.78, 5) is 12.5. The molecule has 1 aromatic heterocycles. The molecule has 0 saturated heterocycles. The molecule has 0 fully saturated rings. The van der Waals surface area contributed by atoms with Gasteiger partial charge in [0.05, 0.1) is 16.7 Å². The van der Waals surface area contributed by atoms with Gasteiger partial charge >= 0.3 is 12.0 Å². The number of hydrogen-bond donors (Lipinski definition) is 1. The molecule has 0 amide bonds. The van der Waals surface area contributed by atoms with E-state index in [4.69, 9.17) is 5.11 Å². The maximum absolute atomic E-state index is 11.9. The van der Waals surface area contributed by atoms with E-state index in [1.165, 1.54) is 0 Å². The lowest BCUT2D eigenvalue weighted by Crippen LogP contribution is -2.18. The van der Waals surface area contributed by atoms with Crippen LogP contribution in [0.15, 0.2) is 6.20 Å². The van der Waals surface area contributed by atoms with Gasteiger partial charge in [0, 0.05) is 0 Å². The normalized spacial score (nSPS) is 11.2. The van der Waals surface area contributed by atoms with E-state index >= 15 is 0 Å². The summed E-state index contributed by atoms with van der Waals surface area (Å²) in [7, 11) is 0. The van der Waals surface area contributed by atoms with Gasteiger partial charge in [0.1, 0.15) is 0 Å². The monoisotopic (exact) mass is 238 g/mol. The first-order valence-electron chi connectivity index (χ1n) is 3.81. The fourth-order valence-corrected chi connectivity index (χ4v) is 1.01. The standard InChI is InChI=1S/C7H5F3N2O4/c1-3-5(12(14)15)4(13)2-11-6(3)16-7(8,9)10/h2,13H,1H3. The van der Waals surface area contributed by atoms with Gasteiger partial charge in [-0.25, -0.2) is 4.98 Å². The first kappa shape index (κ1) is 12.0. The number of rotatable bonds is 2. The van der Waals surface area contributed by atoms with Crippen LogP contribution in [0.2, 0.25) is 0 Å². The van der Waals surface area contributed by atoms with Gasteiger partial charge in [-0.05, 0) is 6.92 Å². The Balaban J connectivity index is 3.24. The molecule has 1 heterocycles. The summed E-state index contributed by atoms with van der Waals surface area (Å²) in [6.07, 6.45) is -4.48. The van der Waals surface area contributed by atoms with Crippen LogP contribution in [-0.2, 0) is 0 Å². The van der Waals surface area contributed by atoms with E-state index in [1.54, 1.807) is 0 Å². The first-order chi connectivity index (χ1) is 7.22. The van der Waals surface area contributed by atoms with Crippen molar-refractivity contribution in [1.82, 2.24) is 4.98 Å². The summed E-state index contributed by atoms with van der Waals surface area (Å²) in [5.74, 6) is -1.78. The molecule has 0 spiro atoms. The molecule has 0 aliphatic rings. The lowest BCUT2D eigenvalue weighted by atomic mass is 10.2.